The molecule has 116 valence electrons. The molecule has 23 heavy (non-hydrogen) atoms. The molecular formula is C18H13ClFNO2. The number of carbonyl (C=O) groups is 1. The standard InChI is InChI=1S/C18H13ClFNO2/c1-10-6-7-12(8-11(10)2)17-21-16(18(22)23-17)9-13-14(19)4-3-5-15(13)20/h3-9H,1-2H3. The number of ether oxygens (including phenoxy) is 1. The molecule has 1 heterocycles. The molecule has 0 bridgehead atoms. The predicted molar refractivity (Wildman–Crippen MR) is 87.9 cm³/mol. The number of carbonyl (C=O) groups excluding carboxylic acids is 1. The van der Waals surface area contributed by atoms with Crippen molar-refractivity contribution >= 4 is 29.5 Å². The summed E-state index contributed by atoms with van der Waals surface area (Å²) in [7, 11) is 0. The fourth-order valence-electron chi connectivity index (χ4n) is 2.19. The number of halogens is 2. The zero-order valence-electron chi connectivity index (χ0n) is 12.6. The van der Waals surface area contributed by atoms with Crippen molar-refractivity contribution in [1.82, 2.24) is 0 Å². The monoisotopic (exact) mass is 329 g/mol. The number of hydrogen-bond donors (Lipinski definition) is 0. The number of hydrogen-bond acceptors (Lipinski definition) is 3. The van der Waals surface area contributed by atoms with Gasteiger partial charge in [0.05, 0.1) is 5.02 Å². The Bertz CT molecular complexity index is 851. The SMILES string of the molecule is Cc1ccc(C2=NC(=Cc3c(F)cccc3Cl)C(=O)O2)cc1C. The van der Waals surface area contributed by atoms with Gasteiger partial charge in [-0.2, -0.15) is 0 Å². The Morgan fingerprint density at radius 2 is 1.96 bits per heavy atom. The zero-order chi connectivity index (χ0) is 16.6. The quantitative estimate of drug-likeness (QED) is 0.603. The molecule has 1 aliphatic heterocycles. The van der Waals surface area contributed by atoms with E-state index >= 15 is 0 Å². The zero-order valence-corrected chi connectivity index (χ0v) is 13.3. The lowest BCUT2D eigenvalue weighted by Crippen LogP contribution is -2.05. The molecule has 0 fully saturated rings. The highest BCUT2D eigenvalue weighted by atomic mass is 35.5. The Balaban J connectivity index is 2.01. The molecule has 0 saturated heterocycles. The van der Waals surface area contributed by atoms with E-state index in [4.69, 9.17) is 16.3 Å². The van der Waals surface area contributed by atoms with Crippen LogP contribution in [0.2, 0.25) is 5.02 Å². The summed E-state index contributed by atoms with van der Waals surface area (Å²) < 4.78 is 19.0. The summed E-state index contributed by atoms with van der Waals surface area (Å²) in [6.07, 6.45) is 1.30. The predicted octanol–water partition coefficient (Wildman–Crippen LogP) is 4.44. The second kappa shape index (κ2) is 5.97. The molecule has 0 atom stereocenters. The van der Waals surface area contributed by atoms with Gasteiger partial charge in [-0.3, -0.25) is 0 Å². The summed E-state index contributed by atoms with van der Waals surface area (Å²) >= 11 is 5.96. The third kappa shape index (κ3) is 3.03. The molecule has 0 aliphatic carbocycles. The van der Waals surface area contributed by atoms with E-state index in [1.807, 2.05) is 32.0 Å². The van der Waals surface area contributed by atoms with Crippen molar-refractivity contribution < 1.29 is 13.9 Å². The minimum atomic E-state index is -0.627. The van der Waals surface area contributed by atoms with E-state index in [2.05, 4.69) is 4.99 Å². The van der Waals surface area contributed by atoms with Crippen molar-refractivity contribution in [3.63, 3.8) is 0 Å². The molecule has 5 heteroatoms. The van der Waals surface area contributed by atoms with Gasteiger partial charge in [-0.1, -0.05) is 23.7 Å². The van der Waals surface area contributed by atoms with E-state index in [1.54, 1.807) is 6.07 Å². The van der Waals surface area contributed by atoms with Gasteiger partial charge in [0.1, 0.15) is 5.82 Å². The van der Waals surface area contributed by atoms with Gasteiger partial charge in [-0.05, 0) is 55.3 Å². The number of aliphatic imine (C=N–C) groups is 1. The number of benzene rings is 2. The Hall–Kier alpha value is -2.46. The third-order valence-corrected chi connectivity index (χ3v) is 3.98. The van der Waals surface area contributed by atoms with Crippen molar-refractivity contribution in [2.24, 2.45) is 4.99 Å². The van der Waals surface area contributed by atoms with Crippen LogP contribution in [0.4, 0.5) is 4.39 Å². The van der Waals surface area contributed by atoms with Crippen molar-refractivity contribution in [3.8, 4) is 0 Å². The number of esters is 1. The Kier molecular flexibility index (Phi) is 4.01. The van der Waals surface area contributed by atoms with Gasteiger partial charge < -0.3 is 4.74 Å². The lowest BCUT2D eigenvalue weighted by molar-refractivity contribution is -0.129. The van der Waals surface area contributed by atoms with E-state index in [0.29, 0.717) is 5.56 Å². The number of aryl methyl sites for hydroxylation is 2. The lowest BCUT2D eigenvalue weighted by Gasteiger charge is -2.03. The van der Waals surface area contributed by atoms with Crippen molar-refractivity contribution in [1.29, 1.82) is 0 Å². The van der Waals surface area contributed by atoms with Crippen LogP contribution in [0.1, 0.15) is 22.3 Å². The maximum absolute atomic E-state index is 13.8. The summed E-state index contributed by atoms with van der Waals surface area (Å²) in [5.41, 5.74) is 3.03. The van der Waals surface area contributed by atoms with E-state index in [-0.39, 0.29) is 22.2 Å². The van der Waals surface area contributed by atoms with Crippen LogP contribution >= 0.6 is 11.6 Å². The molecule has 0 radical (unpaired) electrons. The summed E-state index contributed by atoms with van der Waals surface area (Å²) in [5, 5.41) is 0.208. The van der Waals surface area contributed by atoms with Gasteiger partial charge >= 0.3 is 5.97 Å². The van der Waals surface area contributed by atoms with Gasteiger partial charge in [0.2, 0.25) is 5.90 Å². The average Bonchev–Trinajstić information content (AvgIpc) is 2.87. The molecule has 3 nitrogen and oxygen atoms in total. The highest BCUT2D eigenvalue weighted by Crippen LogP contribution is 2.25. The summed E-state index contributed by atoms with van der Waals surface area (Å²) in [4.78, 5) is 16.1. The van der Waals surface area contributed by atoms with Gasteiger partial charge in [-0.15, -0.1) is 0 Å². The molecule has 0 unspecified atom stereocenters. The first-order chi connectivity index (χ1) is 11.0. The van der Waals surface area contributed by atoms with E-state index in [1.165, 1.54) is 18.2 Å². The molecule has 2 aromatic rings. The highest BCUT2D eigenvalue weighted by Gasteiger charge is 2.25. The fourth-order valence-corrected chi connectivity index (χ4v) is 2.41. The Labute approximate surface area is 138 Å². The molecule has 0 spiro atoms. The summed E-state index contributed by atoms with van der Waals surface area (Å²) in [6.45, 7) is 3.96. The van der Waals surface area contributed by atoms with Crippen LogP contribution in [-0.2, 0) is 9.53 Å². The summed E-state index contributed by atoms with van der Waals surface area (Å²) in [5.74, 6) is -0.943. The van der Waals surface area contributed by atoms with E-state index in [9.17, 15) is 9.18 Å². The average molecular weight is 330 g/mol. The molecule has 0 aromatic heterocycles. The molecule has 2 aromatic carbocycles. The van der Waals surface area contributed by atoms with Gasteiger partial charge in [0, 0.05) is 11.1 Å². The maximum Gasteiger partial charge on any atom is 0.363 e. The summed E-state index contributed by atoms with van der Waals surface area (Å²) in [6, 6.07) is 9.96. The topological polar surface area (TPSA) is 38.7 Å². The Morgan fingerprint density at radius 3 is 2.65 bits per heavy atom. The normalized spacial score (nSPS) is 15.7. The van der Waals surface area contributed by atoms with E-state index in [0.717, 1.165) is 11.1 Å². The first kappa shape index (κ1) is 15.4. The van der Waals surface area contributed by atoms with Crippen LogP contribution in [0.25, 0.3) is 6.08 Å². The van der Waals surface area contributed by atoms with Crippen LogP contribution in [-0.4, -0.2) is 11.9 Å². The van der Waals surface area contributed by atoms with Crippen molar-refractivity contribution in [3.05, 3.63) is 75.2 Å². The van der Waals surface area contributed by atoms with Gasteiger partial charge in [-0.25, -0.2) is 14.2 Å². The first-order valence-electron chi connectivity index (χ1n) is 7.00. The second-order valence-electron chi connectivity index (χ2n) is 5.27. The first-order valence-corrected chi connectivity index (χ1v) is 7.37. The molecule has 0 N–H and O–H groups in total. The van der Waals surface area contributed by atoms with Crippen LogP contribution in [0.3, 0.4) is 0 Å². The third-order valence-electron chi connectivity index (χ3n) is 3.66. The maximum atomic E-state index is 13.8. The highest BCUT2D eigenvalue weighted by molar-refractivity contribution is 6.32. The van der Waals surface area contributed by atoms with Crippen LogP contribution in [0.5, 0.6) is 0 Å². The largest absolute Gasteiger partial charge is 0.402 e. The minimum Gasteiger partial charge on any atom is -0.402 e. The fraction of sp³-hybridized carbons (Fsp3) is 0.111. The minimum absolute atomic E-state index is 0.0187. The Morgan fingerprint density at radius 1 is 1.17 bits per heavy atom. The molecule has 0 amide bonds. The van der Waals surface area contributed by atoms with Crippen molar-refractivity contribution in [2.45, 2.75) is 13.8 Å². The van der Waals surface area contributed by atoms with E-state index < -0.39 is 11.8 Å². The van der Waals surface area contributed by atoms with Crippen molar-refractivity contribution in [2.75, 3.05) is 0 Å². The van der Waals surface area contributed by atoms with Gasteiger partial charge in [0.25, 0.3) is 0 Å². The molecule has 1 aliphatic rings. The van der Waals surface area contributed by atoms with Crippen LogP contribution in [0, 0.1) is 19.7 Å². The number of rotatable bonds is 2. The smallest absolute Gasteiger partial charge is 0.363 e. The second-order valence-corrected chi connectivity index (χ2v) is 5.68. The van der Waals surface area contributed by atoms with Gasteiger partial charge in [0.15, 0.2) is 5.70 Å². The van der Waals surface area contributed by atoms with Crippen LogP contribution < -0.4 is 0 Å². The molecule has 3 rings (SSSR count). The lowest BCUT2D eigenvalue weighted by atomic mass is 10.1. The molecule has 0 saturated carbocycles. The molecular weight excluding hydrogens is 317 g/mol. The van der Waals surface area contributed by atoms with Crippen LogP contribution in [0.15, 0.2) is 47.1 Å². The number of nitrogens with zero attached hydrogens (tertiary/aromatic N) is 1. The number of cyclic esters (lactones) is 1.